The van der Waals surface area contributed by atoms with Gasteiger partial charge in [-0.05, 0) is 72.8 Å². The quantitative estimate of drug-likeness (QED) is 0.134. The van der Waals surface area contributed by atoms with Gasteiger partial charge in [0.2, 0.25) is 0 Å². The summed E-state index contributed by atoms with van der Waals surface area (Å²) >= 11 is 3.32. The summed E-state index contributed by atoms with van der Waals surface area (Å²) in [5.41, 5.74) is 31.5. The molecular formula is C36H32N8S2. The molecule has 0 atom stereocenters. The minimum absolute atomic E-state index is 0.469. The molecule has 0 aromatic carbocycles. The van der Waals surface area contributed by atoms with Crippen molar-refractivity contribution in [1.29, 1.82) is 0 Å². The van der Waals surface area contributed by atoms with E-state index in [9.17, 15) is 0 Å². The van der Waals surface area contributed by atoms with Crippen molar-refractivity contribution in [3.05, 3.63) is 146 Å². The SMILES string of the molecule is C=C(N)c1ccc(-c2ccc(-c3ccc(C(=C)N)cn3)s2)nc1.C=C(N)c1ccc(-c2ccc(-c3ccc(C(=C)N)nc3)s2)cn1. The lowest BCUT2D eigenvalue weighted by molar-refractivity contribution is 1.26. The summed E-state index contributed by atoms with van der Waals surface area (Å²) in [4.78, 5) is 21.9. The number of aromatic nitrogens is 4. The molecule has 6 aromatic rings. The van der Waals surface area contributed by atoms with Crippen LogP contribution in [0.2, 0.25) is 0 Å². The van der Waals surface area contributed by atoms with Crippen LogP contribution in [-0.2, 0) is 0 Å². The first-order valence-electron chi connectivity index (χ1n) is 13.9. The van der Waals surface area contributed by atoms with Crippen LogP contribution in [0.1, 0.15) is 22.5 Å². The molecular weight excluding hydrogens is 609 g/mol. The van der Waals surface area contributed by atoms with Crippen molar-refractivity contribution in [2.45, 2.75) is 0 Å². The van der Waals surface area contributed by atoms with E-state index in [1.165, 1.54) is 0 Å². The van der Waals surface area contributed by atoms with Crippen molar-refractivity contribution < 1.29 is 0 Å². The zero-order chi connectivity index (χ0) is 32.8. The van der Waals surface area contributed by atoms with E-state index < -0.39 is 0 Å². The minimum atomic E-state index is 0.469. The highest BCUT2D eigenvalue weighted by molar-refractivity contribution is 7.19. The molecule has 46 heavy (non-hydrogen) atoms. The summed E-state index contributed by atoms with van der Waals surface area (Å²) in [6, 6.07) is 23.7. The van der Waals surface area contributed by atoms with Crippen LogP contribution in [0.15, 0.2) is 124 Å². The van der Waals surface area contributed by atoms with E-state index in [4.69, 9.17) is 22.9 Å². The molecule has 0 saturated carbocycles. The summed E-state index contributed by atoms with van der Waals surface area (Å²) < 4.78 is 0. The molecule has 0 aliphatic heterocycles. The molecule has 0 unspecified atom stereocenters. The van der Waals surface area contributed by atoms with E-state index >= 15 is 0 Å². The van der Waals surface area contributed by atoms with Gasteiger partial charge in [0.15, 0.2) is 0 Å². The second kappa shape index (κ2) is 13.9. The number of nitrogens with zero attached hydrogens (tertiary/aromatic N) is 4. The molecule has 0 spiro atoms. The summed E-state index contributed by atoms with van der Waals surface area (Å²) in [5.74, 6) is 0. The van der Waals surface area contributed by atoms with Crippen LogP contribution in [0, 0.1) is 0 Å². The topological polar surface area (TPSA) is 156 Å². The number of rotatable bonds is 8. The van der Waals surface area contributed by atoms with Gasteiger partial charge in [-0.1, -0.05) is 26.3 Å². The molecule has 6 aromatic heterocycles. The standard InChI is InChI=1S/2C18H16N4S/c1-11(19)15-5-3-13(9-21-15)17-7-8-18(23-17)14-4-6-16(12(2)20)22-10-14;1-11(19)13-3-5-15(21-9-13)17-7-8-18(23-17)16-6-4-14(10-22-16)12(2)20/h2*3-10H,1-2,19-20H2. The first-order valence-corrected chi connectivity index (χ1v) is 15.6. The third-order valence-electron chi connectivity index (χ3n) is 6.74. The zero-order valence-corrected chi connectivity index (χ0v) is 26.6. The molecule has 0 saturated heterocycles. The Kier molecular flexibility index (Phi) is 9.51. The maximum Gasteiger partial charge on any atom is 0.0853 e. The van der Waals surface area contributed by atoms with Crippen LogP contribution in [-0.4, -0.2) is 19.9 Å². The Hall–Kier alpha value is -5.84. The van der Waals surface area contributed by atoms with E-state index in [-0.39, 0.29) is 0 Å². The number of pyridine rings is 4. The number of hydrogen-bond donors (Lipinski definition) is 4. The summed E-state index contributed by atoms with van der Waals surface area (Å²) in [5, 5.41) is 0. The molecule has 10 heteroatoms. The highest BCUT2D eigenvalue weighted by atomic mass is 32.1. The fourth-order valence-electron chi connectivity index (χ4n) is 4.18. The molecule has 0 aliphatic carbocycles. The maximum atomic E-state index is 5.66. The van der Waals surface area contributed by atoms with Crippen LogP contribution in [0.4, 0.5) is 0 Å². The molecule has 0 bridgehead atoms. The Labute approximate surface area is 275 Å². The first-order chi connectivity index (χ1) is 22.1. The maximum absolute atomic E-state index is 5.66. The van der Waals surface area contributed by atoms with Gasteiger partial charge in [0.25, 0.3) is 0 Å². The average molecular weight is 641 g/mol. The Balaban J connectivity index is 0.000000181. The number of nitrogens with two attached hydrogens (primary N) is 4. The number of thiophene rings is 2. The molecule has 8 N–H and O–H groups in total. The van der Waals surface area contributed by atoms with E-state index in [0.717, 1.165) is 53.2 Å². The Bertz CT molecular complexity index is 1730. The number of hydrogen-bond acceptors (Lipinski definition) is 10. The third kappa shape index (κ3) is 7.44. The van der Waals surface area contributed by atoms with Gasteiger partial charge >= 0.3 is 0 Å². The second-order valence-electron chi connectivity index (χ2n) is 10.2. The van der Waals surface area contributed by atoms with Gasteiger partial charge in [-0.15, -0.1) is 22.7 Å². The van der Waals surface area contributed by atoms with Crippen LogP contribution in [0.3, 0.4) is 0 Å². The van der Waals surface area contributed by atoms with Crippen molar-refractivity contribution in [2.24, 2.45) is 22.9 Å². The first kappa shape index (κ1) is 31.6. The van der Waals surface area contributed by atoms with Gasteiger partial charge in [0, 0.05) is 68.2 Å². The second-order valence-corrected chi connectivity index (χ2v) is 12.3. The van der Waals surface area contributed by atoms with Crippen LogP contribution in [0.5, 0.6) is 0 Å². The van der Waals surface area contributed by atoms with E-state index in [2.05, 4.69) is 58.4 Å². The Morgan fingerprint density at radius 1 is 0.413 bits per heavy atom. The smallest absolute Gasteiger partial charge is 0.0853 e. The highest BCUT2D eigenvalue weighted by Crippen LogP contribution is 2.35. The molecule has 0 aliphatic rings. The largest absolute Gasteiger partial charge is 0.399 e. The van der Waals surface area contributed by atoms with Gasteiger partial charge < -0.3 is 22.9 Å². The molecule has 8 nitrogen and oxygen atoms in total. The van der Waals surface area contributed by atoms with Crippen molar-refractivity contribution in [3.63, 3.8) is 0 Å². The summed E-state index contributed by atoms with van der Waals surface area (Å²) in [6.07, 6.45) is 7.08. The van der Waals surface area contributed by atoms with Gasteiger partial charge in [-0.3, -0.25) is 19.9 Å². The molecule has 6 heterocycles. The fraction of sp³-hybridized carbons (Fsp3) is 0. The lowest BCUT2D eigenvalue weighted by Gasteiger charge is -2.02. The lowest BCUT2D eigenvalue weighted by atomic mass is 10.2. The van der Waals surface area contributed by atoms with Crippen LogP contribution < -0.4 is 22.9 Å². The average Bonchev–Trinajstić information content (AvgIpc) is 3.77. The Morgan fingerprint density at radius 2 is 0.804 bits per heavy atom. The van der Waals surface area contributed by atoms with Gasteiger partial charge in [-0.2, -0.15) is 0 Å². The fourth-order valence-corrected chi connectivity index (χ4v) is 6.13. The minimum Gasteiger partial charge on any atom is -0.399 e. The predicted octanol–water partition coefficient (Wildman–Crippen LogP) is 7.46. The monoisotopic (exact) mass is 640 g/mol. The van der Waals surface area contributed by atoms with Gasteiger partial charge in [-0.25, -0.2) is 0 Å². The third-order valence-corrected chi connectivity index (χ3v) is 9.05. The normalized spacial score (nSPS) is 10.4. The molecule has 0 radical (unpaired) electrons. The molecule has 6 rings (SSSR count). The van der Waals surface area contributed by atoms with Crippen molar-refractivity contribution in [3.8, 4) is 42.0 Å². The Morgan fingerprint density at radius 3 is 1.11 bits per heavy atom. The van der Waals surface area contributed by atoms with Gasteiger partial charge in [0.1, 0.15) is 0 Å². The van der Waals surface area contributed by atoms with E-state index in [1.807, 2.05) is 73.1 Å². The highest BCUT2D eigenvalue weighted by Gasteiger charge is 2.09. The predicted molar refractivity (Wildman–Crippen MR) is 194 cm³/mol. The van der Waals surface area contributed by atoms with Crippen molar-refractivity contribution in [2.75, 3.05) is 0 Å². The van der Waals surface area contributed by atoms with Crippen LogP contribution >= 0.6 is 22.7 Å². The molecule has 0 fully saturated rings. The lowest BCUT2D eigenvalue weighted by Crippen LogP contribution is -1.96. The van der Waals surface area contributed by atoms with E-state index in [0.29, 0.717) is 34.2 Å². The van der Waals surface area contributed by atoms with Crippen molar-refractivity contribution in [1.82, 2.24) is 19.9 Å². The summed E-state index contributed by atoms with van der Waals surface area (Å²) in [6.45, 7) is 14.8. The van der Waals surface area contributed by atoms with Crippen molar-refractivity contribution >= 4 is 45.5 Å². The van der Waals surface area contributed by atoms with Crippen LogP contribution in [0.25, 0.3) is 64.8 Å². The zero-order valence-electron chi connectivity index (χ0n) is 25.0. The van der Waals surface area contributed by atoms with E-state index in [1.54, 1.807) is 35.1 Å². The molecule has 228 valence electrons. The van der Waals surface area contributed by atoms with Gasteiger partial charge in [0.05, 0.1) is 43.9 Å². The summed E-state index contributed by atoms with van der Waals surface area (Å²) in [7, 11) is 0. The molecule has 0 amide bonds.